The van der Waals surface area contributed by atoms with Crippen LogP contribution in [0.5, 0.6) is 0 Å². The first-order valence-electron chi connectivity index (χ1n) is 7.91. The van der Waals surface area contributed by atoms with Crippen molar-refractivity contribution in [1.82, 2.24) is 24.6 Å². The first-order valence-corrected chi connectivity index (χ1v) is 8.32. The van der Waals surface area contributed by atoms with E-state index < -0.39 is 0 Å². The van der Waals surface area contributed by atoms with Crippen molar-refractivity contribution in [3.63, 3.8) is 0 Å². The molecule has 2 saturated heterocycles. The van der Waals surface area contributed by atoms with Crippen LogP contribution in [0.2, 0.25) is 0 Å². The molecule has 2 aliphatic rings. The molecule has 3 rings (SSSR count). The van der Waals surface area contributed by atoms with E-state index in [4.69, 9.17) is 17.4 Å². The molecule has 7 nitrogen and oxygen atoms in total. The Bertz CT molecular complexity index is 515. The Balaban J connectivity index is 1.53. The zero-order valence-electron chi connectivity index (χ0n) is 12.7. The molecule has 0 aliphatic carbocycles. The second-order valence-corrected chi connectivity index (χ2v) is 6.14. The summed E-state index contributed by atoms with van der Waals surface area (Å²) in [4.78, 5) is 16.0. The molecular weight excluding hydrogens is 302 g/mol. The third-order valence-electron chi connectivity index (χ3n) is 4.26. The molecule has 1 amide bonds. The summed E-state index contributed by atoms with van der Waals surface area (Å²) in [6, 6.07) is 0. The highest BCUT2D eigenvalue weighted by atomic mass is 32.1. The molecule has 0 radical (unpaired) electrons. The zero-order chi connectivity index (χ0) is 15.4. The van der Waals surface area contributed by atoms with Crippen molar-refractivity contribution in [2.45, 2.75) is 37.5 Å². The van der Waals surface area contributed by atoms with Gasteiger partial charge in [-0.15, -0.1) is 5.10 Å². The van der Waals surface area contributed by atoms with Gasteiger partial charge in [0.2, 0.25) is 5.91 Å². The minimum atomic E-state index is 0.203. The first-order chi connectivity index (χ1) is 10.7. The van der Waals surface area contributed by atoms with Gasteiger partial charge in [-0.1, -0.05) is 0 Å². The van der Waals surface area contributed by atoms with Crippen LogP contribution < -0.4 is 0 Å². The van der Waals surface area contributed by atoms with E-state index in [2.05, 4.69) is 15.1 Å². The van der Waals surface area contributed by atoms with Crippen LogP contribution >= 0.6 is 0 Å². The first kappa shape index (κ1) is 15.6. The van der Waals surface area contributed by atoms with Gasteiger partial charge in [0.25, 0.3) is 0 Å². The summed E-state index contributed by atoms with van der Waals surface area (Å²) in [5.74, 6) is 1.01. The molecule has 1 aromatic heterocycles. The van der Waals surface area contributed by atoms with Crippen LogP contribution in [0.25, 0.3) is 0 Å². The number of carbonyl (C=O) groups is 1. The maximum atomic E-state index is 11.7. The minimum Gasteiger partial charge on any atom is -0.740 e. The van der Waals surface area contributed by atoms with Gasteiger partial charge >= 0.3 is 0 Å². The number of aromatic nitrogens is 3. The summed E-state index contributed by atoms with van der Waals surface area (Å²) in [7, 11) is 0. The van der Waals surface area contributed by atoms with Crippen molar-refractivity contribution in [1.29, 1.82) is 0 Å². The van der Waals surface area contributed by atoms with E-state index in [-0.39, 0.29) is 5.91 Å². The van der Waals surface area contributed by atoms with Crippen molar-refractivity contribution in [2.24, 2.45) is 0 Å². The number of hydrogen-bond donors (Lipinski definition) is 0. The molecule has 122 valence electrons. The molecular formula is C14H22N5O2S-. The lowest BCUT2D eigenvalue weighted by atomic mass is 10.3. The van der Waals surface area contributed by atoms with Crippen LogP contribution in [0.1, 0.15) is 25.1 Å². The lowest BCUT2D eigenvalue weighted by Gasteiger charge is -2.27. The number of ether oxygens (including phenoxy) is 1. The molecule has 0 bridgehead atoms. The van der Waals surface area contributed by atoms with E-state index in [1.165, 1.54) is 0 Å². The molecule has 22 heavy (non-hydrogen) atoms. The fourth-order valence-electron chi connectivity index (χ4n) is 2.98. The Labute approximate surface area is 136 Å². The molecule has 3 heterocycles. The van der Waals surface area contributed by atoms with Crippen LogP contribution in [-0.4, -0.2) is 69.9 Å². The predicted molar refractivity (Wildman–Crippen MR) is 82.2 cm³/mol. The van der Waals surface area contributed by atoms with E-state index in [1.54, 1.807) is 0 Å². The van der Waals surface area contributed by atoms with Crippen molar-refractivity contribution < 1.29 is 9.53 Å². The molecule has 0 spiro atoms. The highest BCUT2D eigenvalue weighted by molar-refractivity contribution is 7.58. The summed E-state index contributed by atoms with van der Waals surface area (Å²) >= 11 is 5.27. The summed E-state index contributed by atoms with van der Waals surface area (Å²) in [6.45, 7) is 6.81. The average Bonchev–Trinajstić information content (AvgIpc) is 3.09. The highest BCUT2D eigenvalue weighted by Gasteiger charge is 2.22. The van der Waals surface area contributed by atoms with Crippen LogP contribution in [0.3, 0.4) is 0 Å². The number of amides is 1. The molecule has 0 aromatic carbocycles. The molecule has 2 fully saturated rings. The quantitative estimate of drug-likeness (QED) is 0.688. The Morgan fingerprint density at radius 3 is 2.68 bits per heavy atom. The summed E-state index contributed by atoms with van der Waals surface area (Å²) in [5, 5.41) is 8.68. The average molecular weight is 324 g/mol. The van der Waals surface area contributed by atoms with Gasteiger partial charge < -0.3 is 26.8 Å². The smallest absolute Gasteiger partial charge is 0.223 e. The fraction of sp³-hybridized carbons (Fsp3) is 0.786. The lowest BCUT2D eigenvalue weighted by molar-refractivity contribution is -0.128. The van der Waals surface area contributed by atoms with Crippen LogP contribution in [0.4, 0.5) is 0 Å². The Morgan fingerprint density at radius 1 is 1.14 bits per heavy atom. The second-order valence-electron chi connectivity index (χ2n) is 5.78. The number of likely N-dealkylation sites (tertiary alicyclic amines) is 1. The number of rotatable bonds is 6. The molecule has 8 heteroatoms. The SMILES string of the molecule is O=C1CCCN1Cc1nnc([S-])n1CCCN1CCOCC1. The van der Waals surface area contributed by atoms with E-state index in [0.717, 1.165) is 64.6 Å². The van der Waals surface area contributed by atoms with Crippen molar-refractivity contribution >= 4 is 18.5 Å². The van der Waals surface area contributed by atoms with Crippen LogP contribution in [-0.2, 0) is 35.2 Å². The normalized spacial score (nSPS) is 20.0. The maximum Gasteiger partial charge on any atom is 0.223 e. The number of morpholine rings is 1. The largest absolute Gasteiger partial charge is 0.740 e. The van der Waals surface area contributed by atoms with Crippen molar-refractivity contribution in [3.8, 4) is 0 Å². The Kier molecular flexibility index (Phi) is 5.22. The third kappa shape index (κ3) is 3.74. The molecule has 0 saturated carbocycles. The molecule has 0 atom stereocenters. The van der Waals surface area contributed by atoms with Gasteiger partial charge in [-0.05, 0) is 12.8 Å². The Morgan fingerprint density at radius 2 is 1.95 bits per heavy atom. The number of carbonyl (C=O) groups excluding carboxylic acids is 1. The topological polar surface area (TPSA) is 63.5 Å². The molecule has 1 aromatic rings. The van der Waals surface area contributed by atoms with Gasteiger partial charge in [0, 0.05) is 44.3 Å². The summed E-state index contributed by atoms with van der Waals surface area (Å²) < 4.78 is 7.33. The van der Waals surface area contributed by atoms with Crippen LogP contribution in [0, 0.1) is 0 Å². The van der Waals surface area contributed by atoms with Gasteiger partial charge in [-0.2, -0.15) is 5.10 Å². The molecule has 0 unspecified atom stereocenters. The minimum absolute atomic E-state index is 0.203. The standard InChI is InChI=1S/C14H23N5O2S/c20-13-3-1-5-18(13)11-12-15-16-14(22)19(12)6-2-4-17-7-9-21-10-8-17/h1-11H2,(H,16,22)/p-1. The van der Waals surface area contributed by atoms with Gasteiger partial charge in [-0.25, -0.2) is 0 Å². The maximum absolute atomic E-state index is 11.7. The predicted octanol–water partition coefficient (Wildman–Crippen LogP) is 0.0286. The highest BCUT2D eigenvalue weighted by Crippen LogP contribution is 2.14. The second kappa shape index (κ2) is 7.34. The monoisotopic (exact) mass is 324 g/mol. The Hall–Kier alpha value is -1.25. The van der Waals surface area contributed by atoms with Crippen LogP contribution in [0.15, 0.2) is 5.16 Å². The van der Waals surface area contributed by atoms with E-state index in [0.29, 0.717) is 18.1 Å². The number of hydrogen-bond acceptors (Lipinski definition) is 6. The van der Waals surface area contributed by atoms with E-state index in [1.807, 2.05) is 9.47 Å². The fourth-order valence-corrected chi connectivity index (χ4v) is 3.22. The van der Waals surface area contributed by atoms with E-state index >= 15 is 0 Å². The number of nitrogens with zero attached hydrogens (tertiary/aromatic N) is 5. The van der Waals surface area contributed by atoms with Gasteiger partial charge in [-0.3, -0.25) is 9.69 Å². The molecule has 2 aliphatic heterocycles. The third-order valence-corrected chi connectivity index (χ3v) is 4.56. The van der Waals surface area contributed by atoms with Crippen molar-refractivity contribution in [2.75, 3.05) is 39.4 Å². The molecule has 0 N–H and O–H groups in total. The van der Waals surface area contributed by atoms with Gasteiger partial charge in [0.05, 0.1) is 19.8 Å². The van der Waals surface area contributed by atoms with E-state index in [9.17, 15) is 4.79 Å². The summed E-state index contributed by atoms with van der Waals surface area (Å²) in [5.41, 5.74) is 0. The summed E-state index contributed by atoms with van der Waals surface area (Å²) in [6.07, 6.45) is 2.58. The zero-order valence-corrected chi connectivity index (χ0v) is 13.6. The lowest BCUT2D eigenvalue weighted by Crippen LogP contribution is -2.37. The van der Waals surface area contributed by atoms with Crippen molar-refractivity contribution in [3.05, 3.63) is 5.82 Å². The van der Waals surface area contributed by atoms with Gasteiger partial charge in [0.1, 0.15) is 0 Å². The van der Waals surface area contributed by atoms with Gasteiger partial charge in [0.15, 0.2) is 5.82 Å².